The molecule has 2 atom stereocenters. The molecule has 6 nitrogen and oxygen atoms in total. The lowest BCUT2D eigenvalue weighted by Crippen LogP contribution is -2.54. The van der Waals surface area contributed by atoms with Gasteiger partial charge in [-0.3, -0.25) is 14.5 Å². The minimum absolute atomic E-state index is 0.0809. The third-order valence-electron chi connectivity index (χ3n) is 5.81. The number of carbonyl (C=O) groups excluding carboxylic acids is 3. The van der Waals surface area contributed by atoms with Crippen LogP contribution in [0.4, 0.5) is 10.5 Å². The fraction of sp³-hybridized carbons (Fsp3) is 0.571. The van der Waals surface area contributed by atoms with Crippen molar-refractivity contribution in [1.29, 1.82) is 0 Å². The van der Waals surface area contributed by atoms with Gasteiger partial charge in [-0.25, -0.2) is 4.79 Å². The molecule has 1 aromatic rings. The molecule has 3 rings (SSSR count). The van der Waals surface area contributed by atoms with E-state index in [1.54, 1.807) is 0 Å². The molecule has 0 aromatic heterocycles. The molecule has 146 valence electrons. The van der Waals surface area contributed by atoms with Crippen molar-refractivity contribution in [1.82, 2.24) is 10.2 Å². The Morgan fingerprint density at radius 2 is 1.96 bits per heavy atom. The summed E-state index contributed by atoms with van der Waals surface area (Å²) in [4.78, 5) is 39.1. The van der Waals surface area contributed by atoms with Crippen LogP contribution in [0, 0.1) is 5.92 Å². The van der Waals surface area contributed by atoms with Crippen molar-refractivity contribution in [2.75, 3.05) is 11.9 Å². The third-order valence-corrected chi connectivity index (χ3v) is 5.81. The van der Waals surface area contributed by atoms with Crippen LogP contribution in [0.5, 0.6) is 0 Å². The SMILES string of the molecule is CC1CCCCC12NC(=O)N(CC(=O)Nc1ccccc1C(C)(C)C)C2=O. The van der Waals surface area contributed by atoms with Gasteiger partial charge in [0.15, 0.2) is 0 Å². The summed E-state index contributed by atoms with van der Waals surface area (Å²) >= 11 is 0. The fourth-order valence-corrected chi connectivity index (χ4v) is 4.22. The molecular formula is C21H29N3O3. The Morgan fingerprint density at radius 3 is 2.63 bits per heavy atom. The van der Waals surface area contributed by atoms with Gasteiger partial charge in [0.1, 0.15) is 12.1 Å². The van der Waals surface area contributed by atoms with Crippen molar-refractivity contribution in [3.63, 3.8) is 0 Å². The van der Waals surface area contributed by atoms with Crippen molar-refractivity contribution in [3.8, 4) is 0 Å². The number of nitrogens with zero attached hydrogens (tertiary/aromatic N) is 1. The Morgan fingerprint density at radius 1 is 1.26 bits per heavy atom. The molecule has 2 aliphatic rings. The summed E-state index contributed by atoms with van der Waals surface area (Å²) in [7, 11) is 0. The summed E-state index contributed by atoms with van der Waals surface area (Å²) < 4.78 is 0. The number of imide groups is 1. The predicted molar refractivity (Wildman–Crippen MR) is 104 cm³/mol. The second-order valence-corrected chi connectivity index (χ2v) is 8.78. The highest BCUT2D eigenvalue weighted by Gasteiger charge is 2.55. The van der Waals surface area contributed by atoms with E-state index in [1.165, 1.54) is 0 Å². The molecule has 1 saturated heterocycles. The second kappa shape index (κ2) is 6.98. The number of nitrogens with one attached hydrogen (secondary N) is 2. The molecule has 1 saturated carbocycles. The maximum atomic E-state index is 13.0. The molecule has 1 aliphatic heterocycles. The van der Waals surface area contributed by atoms with E-state index < -0.39 is 11.6 Å². The molecule has 2 unspecified atom stereocenters. The lowest BCUT2D eigenvalue weighted by Gasteiger charge is -2.36. The smallest absolute Gasteiger partial charge is 0.324 e. The first-order chi connectivity index (χ1) is 12.6. The fourth-order valence-electron chi connectivity index (χ4n) is 4.22. The molecule has 1 aliphatic carbocycles. The molecule has 6 heteroatoms. The van der Waals surface area contributed by atoms with Gasteiger partial charge in [0, 0.05) is 5.69 Å². The van der Waals surface area contributed by atoms with E-state index in [1.807, 2.05) is 31.2 Å². The van der Waals surface area contributed by atoms with Gasteiger partial charge in [0.05, 0.1) is 0 Å². The van der Waals surface area contributed by atoms with Crippen LogP contribution in [-0.4, -0.2) is 34.8 Å². The van der Waals surface area contributed by atoms with Gasteiger partial charge in [-0.05, 0) is 35.8 Å². The first-order valence-electron chi connectivity index (χ1n) is 9.68. The third kappa shape index (κ3) is 3.57. The molecule has 1 spiro atoms. The van der Waals surface area contributed by atoms with Crippen molar-refractivity contribution in [2.24, 2.45) is 5.92 Å². The van der Waals surface area contributed by atoms with Crippen LogP contribution in [0.2, 0.25) is 0 Å². The van der Waals surface area contributed by atoms with Crippen LogP contribution in [0.25, 0.3) is 0 Å². The monoisotopic (exact) mass is 371 g/mol. The minimum atomic E-state index is -0.834. The zero-order valence-electron chi connectivity index (χ0n) is 16.6. The highest BCUT2D eigenvalue weighted by Crippen LogP contribution is 2.38. The molecule has 2 fully saturated rings. The molecular weight excluding hydrogens is 342 g/mol. The van der Waals surface area contributed by atoms with Gasteiger partial charge in [-0.2, -0.15) is 0 Å². The van der Waals surface area contributed by atoms with Crippen molar-refractivity contribution in [3.05, 3.63) is 29.8 Å². The van der Waals surface area contributed by atoms with E-state index in [2.05, 4.69) is 31.4 Å². The van der Waals surface area contributed by atoms with Crippen LogP contribution in [0.15, 0.2) is 24.3 Å². The van der Waals surface area contributed by atoms with Crippen molar-refractivity contribution >= 4 is 23.5 Å². The summed E-state index contributed by atoms with van der Waals surface area (Å²) in [6, 6.07) is 7.14. The number of carbonyl (C=O) groups is 3. The largest absolute Gasteiger partial charge is 0.325 e. The van der Waals surface area contributed by atoms with Gasteiger partial charge >= 0.3 is 6.03 Å². The zero-order valence-corrected chi connectivity index (χ0v) is 16.6. The molecule has 1 aromatic carbocycles. The number of hydrogen-bond donors (Lipinski definition) is 2. The molecule has 27 heavy (non-hydrogen) atoms. The first-order valence-corrected chi connectivity index (χ1v) is 9.68. The zero-order chi connectivity index (χ0) is 19.8. The lowest BCUT2D eigenvalue weighted by atomic mass is 9.73. The minimum Gasteiger partial charge on any atom is -0.324 e. The van der Waals surface area contributed by atoms with Crippen molar-refractivity contribution in [2.45, 2.75) is 64.3 Å². The summed E-state index contributed by atoms with van der Waals surface area (Å²) in [5, 5.41) is 5.76. The van der Waals surface area contributed by atoms with E-state index in [4.69, 9.17) is 0 Å². The van der Waals surface area contributed by atoms with E-state index in [-0.39, 0.29) is 29.7 Å². The first kappa shape index (κ1) is 19.4. The van der Waals surface area contributed by atoms with Crippen LogP contribution in [-0.2, 0) is 15.0 Å². The van der Waals surface area contributed by atoms with Crippen LogP contribution < -0.4 is 10.6 Å². The Labute approximate surface area is 160 Å². The number of amides is 4. The quantitative estimate of drug-likeness (QED) is 0.799. The standard InChI is InChI=1S/C21H29N3O3/c1-14-9-7-8-12-21(14)18(26)24(19(27)23-21)13-17(25)22-16-11-6-5-10-15(16)20(2,3)4/h5-6,10-11,14H,7-9,12-13H2,1-4H3,(H,22,25)(H,23,27). The van der Waals surface area contributed by atoms with E-state index in [0.717, 1.165) is 29.7 Å². The highest BCUT2D eigenvalue weighted by atomic mass is 16.2. The van der Waals surface area contributed by atoms with E-state index >= 15 is 0 Å². The van der Waals surface area contributed by atoms with Crippen LogP contribution >= 0.6 is 0 Å². The molecule has 2 N–H and O–H groups in total. The van der Waals surface area contributed by atoms with Gasteiger partial charge in [-0.15, -0.1) is 0 Å². The molecule has 0 radical (unpaired) electrons. The molecule has 4 amide bonds. The number of rotatable bonds is 3. The topological polar surface area (TPSA) is 78.5 Å². The van der Waals surface area contributed by atoms with Crippen LogP contribution in [0.3, 0.4) is 0 Å². The Balaban J connectivity index is 1.74. The average molecular weight is 371 g/mol. The second-order valence-electron chi connectivity index (χ2n) is 8.78. The molecule has 1 heterocycles. The Hall–Kier alpha value is -2.37. The Bertz CT molecular complexity index is 768. The maximum absolute atomic E-state index is 13.0. The average Bonchev–Trinajstić information content (AvgIpc) is 2.82. The highest BCUT2D eigenvalue weighted by molar-refractivity contribution is 6.10. The molecule has 0 bridgehead atoms. The summed E-state index contributed by atoms with van der Waals surface area (Å²) in [6.07, 6.45) is 3.53. The lowest BCUT2D eigenvalue weighted by molar-refractivity contribution is -0.136. The van der Waals surface area contributed by atoms with Gasteiger partial charge < -0.3 is 10.6 Å². The normalized spacial score (nSPS) is 25.6. The van der Waals surface area contributed by atoms with E-state index in [0.29, 0.717) is 12.1 Å². The van der Waals surface area contributed by atoms with Gasteiger partial charge in [-0.1, -0.05) is 58.7 Å². The maximum Gasteiger partial charge on any atom is 0.325 e. The number of benzene rings is 1. The number of anilines is 1. The summed E-state index contributed by atoms with van der Waals surface area (Å²) in [5.74, 6) is -0.549. The number of hydrogen-bond acceptors (Lipinski definition) is 3. The van der Waals surface area contributed by atoms with E-state index in [9.17, 15) is 14.4 Å². The number of urea groups is 1. The van der Waals surface area contributed by atoms with Crippen LogP contribution in [0.1, 0.15) is 58.9 Å². The predicted octanol–water partition coefficient (Wildman–Crippen LogP) is 3.42. The van der Waals surface area contributed by atoms with Gasteiger partial charge in [0.2, 0.25) is 5.91 Å². The van der Waals surface area contributed by atoms with Crippen molar-refractivity contribution < 1.29 is 14.4 Å². The summed E-state index contributed by atoms with van der Waals surface area (Å²) in [6.45, 7) is 7.95. The number of para-hydroxylation sites is 1. The summed E-state index contributed by atoms with van der Waals surface area (Å²) in [5.41, 5.74) is 0.751. The van der Waals surface area contributed by atoms with Gasteiger partial charge in [0.25, 0.3) is 5.91 Å². The Kier molecular flexibility index (Phi) is 5.02.